The lowest BCUT2D eigenvalue weighted by Crippen LogP contribution is -1.98. The summed E-state index contributed by atoms with van der Waals surface area (Å²) in [5, 5.41) is 29.5. The van der Waals surface area contributed by atoms with E-state index in [1.165, 1.54) is 30.0 Å². The van der Waals surface area contributed by atoms with E-state index in [1.807, 2.05) is 30.3 Å². The van der Waals surface area contributed by atoms with Crippen molar-refractivity contribution >= 4 is 52.9 Å². The van der Waals surface area contributed by atoms with Gasteiger partial charge in [-0.3, -0.25) is 10.1 Å². The molecule has 0 fully saturated rings. The van der Waals surface area contributed by atoms with Gasteiger partial charge in [0.05, 0.1) is 4.92 Å². The number of carboxylic acid groups (broad SMARTS) is 1. The van der Waals surface area contributed by atoms with Gasteiger partial charge in [-0.25, -0.2) is 4.79 Å². The number of carboxylic acids is 1. The van der Waals surface area contributed by atoms with E-state index in [4.69, 9.17) is 16.0 Å². The van der Waals surface area contributed by atoms with Gasteiger partial charge in [0.15, 0.2) is 0 Å². The van der Waals surface area contributed by atoms with Gasteiger partial charge in [-0.15, -0.1) is 10.2 Å². The Balaban J connectivity index is 1.67. The number of nitro groups is 1. The van der Waals surface area contributed by atoms with Crippen molar-refractivity contribution in [2.45, 2.75) is 15.0 Å². The Morgan fingerprint density at radius 1 is 1.06 bits per heavy atom. The molecule has 0 aliphatic rings. The molecule has 0 spiro atoms. The molecule has 170 valence electrons. The van der Waals surface area contributed by atoms with E-state index in [2.05, 4.69) is 10.2 Å². The highest BCUT2D eigenvalue weighted by atomic mass is 35.5. The molecule has 0 unspecified atom stereocenters. The van der Waals surface area contributed by atoms with Gasteiger partial charge in [0.1, 0.15) is 4.91 Å². The fraction of sp³-hybridized carbons (Fsp3) is 0. The molecule has 0 aliphatic heterocycles. The number of hydrogen-bond acceptors (Lipinski definition) is 8. The van der Waals surface area contributed by atoms with E-state index < -0.39 is 10.9 Å². The smallest absolute Gasteiger partial charge is 0.342 e. The van der Waals surface area contributed by atoms with Crippen LogP contribution >= 0.6 is 35.1 Å². The summed E-state index contributed by atoms with van der Waals surface area (Å²) in [6.45, 7) is 0. The lowest BCUT2D eigenvalue weighted by atomic mass is 10.2. The van der Waals surface area contributed by atoms with Crippen molar-refractivity contribution in [2.24, 2.45) is 0 Å². The number of rotatable bonds is 8. The Bertz CT molecular complexity index is 1380. The largest absolute Gasteiger partial charge is 0.477 e. The van der Waals surface area contributed by atoms with Crippen LogP contribution in [0.15, 0.2) is 97.1 Å². The van der Waals surface area contributed by atoms with E-state index in [0.29, 0.717) is 21.0 Å². The third-order valence-electron chi connectivity index (χ3n) is 4.37. The van der Waals surface area contributed by atoms with E-state index in [0.717, 1.165) is 16.7 Å². The van der Waals surface area contributed by atoms with Crippen LogP contribution in [0.25, 0.3) is 17.5 Å². The normalized spacial score (nSPS) is 11.4. The van der Waals surface area contributed by atoms with E-state index in [9.17, 15) is 20.0 Å². The fourth-order valence-corrected chi connectivity index (χ4v) is 4.51. The Kier molecular flexibility index (Phi) is 7.31. The van der Waals surface area contributed by atoms with Crippen molar-refractivity contribution in [3.8, 4) is 11.5 Å². The Hall–Kier alpha value is -3.60. The molecule has 34 heavy (non-hydrogen) atoms. The zero-order valence-corrected chi connectivity index (χ0v) is 19.5. The number of non-ortho nitro benzene ring substituents is 1. The van der Waals surface area contributed by atoms with Crippen LogP contribution in [-0.2, 0) is 4.79 Å². The first kappa shape index (κ1) is 23.6. The lowest BCUT2D eigenvalue weighted by molar-refractivity contribution is -0.384. The van der Waals surface area contributed by atoms with Crippen molar-refractivity contribution in [1.29, 1.82) is 0 Å². The van der Waals surface area contributed by atoms with Crippen molar-refractivity contribution in [3.05, 3.63) is 98.4 Å². The zero-order valence-electron chi connectivity index (χ0n) is 17.1. The highest BCUT2D eigenvalue weighted by molar-refractivity contribution is 8.03. The molecule has 1 aromatic heterocycles. The summed E-state index contributed by atoms with van der Waals surface area (Å²) in [6, 6.07) is 20.5. The molecular formula is C23H14ClN3O5S2. The maximum atomic E-state index is 12.0. The molecule has 0 atom stereocenters. The second-order valence-electron chi connectivity index (χ2n) is 6.69. The number of halogens is 1. The SMILES string of the molecule is O=C(O)/C(=C\c1cc([N+](=O)[O-])ccc1Sc1ccccc1)Sc1nnc(-c2ccc(Cl)cc2)o1. The maximum Gasteiger partial charge on any atom is 0.342 e. The molecule has 0 saturated heterocycles. The first-order chi connectivity index (χ1) is 16.4. The van der Waals surface area contributed by atoms with Gasteiger partial charge in [0.25, 0.3) is 10.9 Å². The highest BCUT2D eigenvalue weighted by Gasteiger charge is 2.18. The average molecular weight is 512 g/mol. The van der Waals surface area contributed by atoms with Gasteiger partial charge in [-0.2, -0.15) is 0 Å². The third-order valence-corrected chi connectivity index (χ3v) is 6.57. The van der Waals surface area contributed by atoms with Crippen LogP contribution in [0.2, 0.25) is 5.02 Å². The molecule has 11 heteroatoms. The summed E-state index contributed by atoms with van der Waals surface area (Å²) < 4.78 is 5.60. The van der Waals surface area contributed by atoms with Crippen molar-refractivity contribution in [1.82, 2.24) is 10.2 Å². The number of carbonyl (C=O) groups is 1. The minimum absolute atomic E-state index is 0.0151. The highest BCUT2D eigenvalue weighted by Crippen LogP contribution is 2.36. The molecular weight excluding hydrogens is 498 g/mol. The summed E-state index contributed by atoms with van der Waals surface area (Å²) in [6.07, 6.45) is 1.36. The number of nitro benzene ring substituents is 1. The summed E-state index contributed by atoms with van der Waals surface area (Å²) in [7, 11) is 0. The number of benzene rings is 3. The second kappa shape index (κ2) is 10.6. The topological polar surface area (TPSA) is 119 Å². The molecule has 3 aromatic carbocycles. The first-order valence-electron chi connectivity index (χ1n) is 9.62. The summed E-state index contributed by atoms with van der Waals surface area (Å²) in [4.78, 5) is 24.2. The summed E-state index contributed by atoms with van der Waals surface area (Å²) in [5.74, 6) is -1.03. The van der Waals surface area contributed by atoms with Gasteiger partial charge < -0.3 is 9.52 Å². The molecule has 0 bridgehead atoms. The monoisotopic (exact) mass is 511 g/mol. The van der Waals surface area contributed by atoms with Crippen molar-refractivity contribution < 1.29 is 19.2 Å². The van der Waals surface area contributed by atoms with Gasteiger partial charge in [0, 0.05) is 32.5 Å². The molecule has 1 heterocycles. The molecule has 8 nitrogen and oxygen atoms in total. The predicted molar refractivity (Wildman–Crippen MR) is 130 cm³/mol. The Morgan fingerprint density at radius 3 is 2.47 bits per heavy atom. The minimum Gasteiger partial charge on any atom is -0.477 e. The minimum atomic E-state index is -1.24. The van der Waals surface area contributed by atoms with E-state index >= 15 is 0 Å². The molecule has 0 aliphatic carbocycles. The number of nitrogens with zero attached hydrogens (tertiary/aromatic N) is 3. The molecule has 4 aromatic rings. The summed E-state index contributed by atoms with van der Waals surface area (Å²) in [5.41, 5.74) is 0.858. The van der Waals surface area contributed by atoms with Crippen LogP contribution in [0.3, 0.4) is 0 Å². The number of hydrogen-bond donors (Lipinski definition) is 1. The molecule has 1 N–H and O–H groups in total. The van der Waals surface area contributed by atoms with Gasteiger partial charge >= 0.3 is 5.97 Å². The quantitative estimate of drug-likeness (QED) is 0.120. The molecule has 0 radical (unpaired) electrons. The fourth-order valence-electron chi connectivity index (χ4n) is 2.80. The standard InChI is InChI=1S/C23H14ClN3O5S2/c24-16-8-6-14(7-9-16)21-25-26-23(32-21)34-20(22(28)29)13-15-12-17(27(30)31)10-11-19(15)33-18-4-2-1-3-5-18/h1-13H,(H,28,29)/b20-13+. The van der Waals surface area contributed by atoms with E-state index in [-0.39, 0.29) is 21.7 Å². The number of aromatic nitrogens is 2. The first-order valence-corrected chi connectivity index (χ1v) is 11.6. The van der Waals surface area contributed by atoms with Crippen LogP contribution in [0, 0.1) is 10.1 Å². The van der Waals surface area contributed by atoms with E-state index in [1.54, 1.807) is 30.3 Å². The van der Waals surface area contributed by atoms with Crippen LogP contribution in [-0.4, -0.2) is 26.2 Å². The van der Waals surface area contributed by atoms with Crippen LogP contribution in [0.4, 0.5) is 5.69 Å². The Labute approximate surface area is 206 Å². The summed E-state index contributed by atoms with van der Waals surface area (Å²) >= 11 is 8.01. The van der Waals surface area contributed by atoms with Gasteiger partial charge in [-0.05, 0) is 65.9 Å². The molecule has 0 saturated carbocycles. The van der Waals surface area contributed by atoms with Crippen molar-refractivity contribution in [2.75, 3.05) is 0 Å². The number of aliphatic carboxylic acids is 1. The predicted octanol–water partition coefficient (Wildman–Crippen LogP) is 6.67. The second-order valence-corrected chi connectivity index (χ2v) is 9.24. The molecule has 4 rings (SSSR count). The van der Waals surface area contributed by atoms with Crippen molar-refractivity contribution in [3.63, 3.8) is 0 Å². The maximum absolute atomic E-state index is 12.0. The molecule has 0 amide bonds. The average Bonchev–Trinajstić information content (AvgIpc) is 3.29. The Morgan fingerprint density at radius 2 is 1.79 bits per heavy atom. The van der Waals surface area contributed by atoms with Gasteiger partial charge in [0.2, 0.25) is 5.89 Å². The third kappa shape index (κ3) is 5.84. The van der Waals surface area contributed by atoms with Crippen LogP contribution < -0.4 is 0 Å². The van der Waals surface area contributed by atoms with Crippen LogP contribution in [0.5, 0.6) is 0 Å². The lowest BCUT2D eigenvalue weighted by Gasteiger charge is -2.07. The van der Waals surface area contributed by atoms with Gasteiger partial charge in [-0.1, -0.05) is 41.6 Å². The zero-order chi connectivity index (χ0) is 24.1. The number of thioether (sulfide) groups is 1. The van der Waals surface area contributed by atoms with Crippen LogP contribution in [0.1, 0.15) is 5.56 Å².